The van der Waals surface area contributed by atoms with Gasteiger partial charge in [0.2, 0.25) is 0 Å². The van der Waals surface area contributed by atoms with Crippen LogP contribution in [0.25, 0.3) is 6.08 Å². The lowest BCUT2D eigenvalue weighted by atomic mass is 10.1. The van der Waals surface area contributed by atoms with E-state index in [-0.39, 0.29) is 0 Å². The van der Waals surface area contributed by atoms with Crippen molar-refractivity contribution in [3.8, 4) is 11.8 Å². The Balaban J connectivity index is 2.30. The summed E-state index contributed by atoms with van der Waals surface area (Å²) in [6.45, 7) is 0. The normalized spacial score (nSPS) is 10.1. The monoisotopic (exact) mass is 344 g/mol. The van der Waals surface area contributed by atoms with Crippen LogP contribution in [0.4, 0.5) is 0 Å². The fraction of sp³-hybridized carbons (Fsp3) is 0.0588. The van der Waals surface area contributed by atoms with Gasteiger partial charge < -0.3 is 0 Å². The van der Waals surface area contributed by atoms with E-state index in [2.05, 4.69) is 58.7 Å². The Kier molecular flexibility index (Phi) is 5.04. The van der Waals surface area contributed by atoms with Crippen molar-refractivity contribution < 1.29 is 0 Å². The summed E-state index contributed by atoms with van der Waals surface area (Å²) in [4.78, 5) is 0. The van der Waals surface area contributed by atoms with Gasteiger partial charge in [-0.2, -0.15) is 0 Å². The summed E-state index contributed by atoms with van der Waals surface area (Å²) >= 11 is 2.33. The van der Waals surface area contributed by atoms with Crippen molar-refractivity contribution in [2.75, 3.05) is 4.43 Å². The quantitative estimate of drug-likeness (QED) is 0.426. The number of alkyl halides is 1. The molecular weight excluding hydrogens is 331 g/mol. The van der Waals surface area contributed by atoms with Crippen LogP contribution in [-0.2, 0) is 0 Å². The summed E-state index contributed by atoms with van der Waals surface area (Å²) in [7, 11) is 0. The SMILES string of the molecule is ICC=Cc1ccccc1C#Cc1ccccc1. The molecule has 0 atom stereocenters. The number of hydrogen-bond acceptors (Lipinski definition) is 0. The highest BCUT2D eigenvalue weighted by atomic mass is 127. The van der Waals surface area contributed by atoms with Crippen molar-refractivity contribution in [3.63, 3.8) is 0 Å². The molecule has 0 fully saturated rings. The molecule has 18 heavy (non-hydrogen) atoms. The van der Waals surface area contributed by atoms with Crippen LogP contribution in [0, 0.1) is 11.8 Å². The molecule has 0 heterocycles. The van der Waals surface area contributed by atoms with Gasteiger partial charge in [-0.05, 0) is 23.8 Å². The summed E-state index contributed by atoms with van der Waals surface area (Å²) in [6, 6.07) is 18.3. The third-order valence-electron chi connectivity index (χ3n) is 2.46. The number of benzene rings is 2. The van der Waals surface area contributed by atoms with Crippen LogP contribution in [0.15, 0.2) is 60.7 Å². The van der Waals surface area contributed by atoms with E-state index in [4.69, 9.17) is 0 Å². The van der Waals surface area contributed by atoms with Gasteiger partial charge in [0, 0.05) is 15.6 Å². The molecule has 0 aliphatic rings. The molecule has 0 N–H and O–H groups in total. The van der Waals surface area contributed by atoms with E-state index in [1.54, 1.807) is 0 Å². The second-order valence-electron chi connectivity index (χ2n) is 3.76. The average Bonchev–Trinajstić information content (AvgIpc) is 2.45. The Hall–Kier alpha value is -1.53. The fourth-order valence-electron chi connectivity index (χ4n) is 1.59. The molecule has 0 aliphatic carbocycles. The van der Waals surface area contributed by atoms with Crippen molar-refractivity contribution in [2.24, 2.45) is 0 Å². The van der Waals surface area contributed by atoms with Crippen LogP contribution in [0.2, 0.25) is 0 Å². The maximum absolute atomic E-state index is 3.23. The summed E-state index contributed by atoms with van der Waals surface area (Å²) in [5, 5.41) is 0. The number of rotatable bonds is 2. The second-order valence-corrected chi connectivity index (χ2v) is 4.64. The van der Waals surface area contributed by atoms with Crippen LogP contribution in [-0.4, -0.2) is 4.43 Å². The molecule has 0 aliphatic heterocycles. The van der Waals surface area contributed by atoms with Gasteiger partial charge in [0.1, 0.15) is 0 Å². The van der Waals surface area contributed by atoms with Crippen LogP contribution in [0.5, 0.6) is 0 Å². The van der Waals surface area contributed by atoms with Crippen molar-refractivity contribution in [2.45, 2.75) is 0 Å². The molecule has 0 nitrogen and oxygen atoms in total. The first kappa shape index (κ1) is 12.9. The van der Waals surface area contributed by atoms with E-state index in [0.29, 0.717) is 0 Å². The van der Waals surface area contributed by atoms with E-state index in [1.165, 1.54) is 5.56 Å². The summed E-state index contributed by atoms with van der Waals surface area (Å²) in [6.07, 6.45) is 4.27. The number of hydrogen-bond donors (Lipinski definition) is 0. The van der Waals surface area contributed by atoms with Gasteiger partial charge in [0.05, 0.1) is 0 Å². The van der Waals surface area contributed by atoms with Gasteiger partial charge in [-0.3, -0.25) is 0 Å². The Morgan fingerprint density at radius 1 is 0.889 bits per heavy atom. The van der Waals surface area contributed by atoms with Gasteiger partial charge in [0.15, 0.2) is 0 Å². The summed E-state index contributed by atoms with van der Waals surface area (Å²) in [5.41, 5.74) is 3.30. The Morgan fingerprint density at radius 3 is 2.39 bits per heavy atom. The minimum absolute atomic E-state index is 1.01. The molecule has 2 rings (SSSR count). The van der Waals surface area contributed by atoms with Crippen molar-refractivity contribution >= 4 is 28.7 Å². The van der Waals surface area contributed by atoms with E-state index >= 15 is 0 Å². The first-order chi connectivity index (χ1) is 8.90. The van der Waals surface area contributed by atoms with Crippen molar-refractivity contribution in [1.29, 1.82) is 0 Å². The zero-order valence-corrected chi connectivity index (χ0v) is 12.1. The van der Waals surface area contributed by atoms with Gasteiger partial charge >= 0.3 is 0 Å². The Morgan fingerprint density at radius 2 is 1.61 bits per heavy atom. The highest BCUT2D eigenvalue weighted by Crippen LogP contribution is 2.10. The highest BCUT2D eigenvalue weighted by molar-refractivity contribution is 14.1. The van der Waals surface area contributed by atoms with Crippen LogP contribution >= 0.6 is 22.6 Å². The molecule has 2 aromatic rings. The van der Waals surface area contributed by atoms with E-state index in [1.807, 2.05) is 42.5 Å². The maximum atomic E-state index is 3.23. The van der Waals surface area contributed by atoms with Crippen LogP contribution in [0.3, 0.4) is 0 Å². The predicted octanol–water partition coefficient (Wildman–Crippen LogP) is 4.53. The van der Waals surface area contributed by atoms with Gasteiger partial charge in [0.25, 0.3) is 0 Å². The molecule has 88 valence electrons. The standard InChI is InChI=1S/C17H13I/c18-14-6-11-16-9-4-5-10-17(16)13-12-15-7-2-1-3-8-15/h1-11H,14H2. The zero-order chi connectivity index (χ0) is 12.6. The van der Waals surface area contributed by atoms with E-state index in [9.17, 15) is 0 Å². The zero-order valence-electron chi connectivity index (χ0n) is 9.94. The molecule has 0 unspecified atom stereocenters. The highest BCUT2D eigenvalue weighted by Gasteiger charge is 1.93. The largest absolute Gasteiger partial charge is 0.0818 e. The molecule has 0 bridgehead atoms. The molecule has 0 radical (unpaired) electrons. The third-order valence-corrected chi connectivity index (χ3v) is 2.97. The van der Waals surface area contributed by atoms with Crippen molar-refractivity contribution in [3.05, 3.63) is 77.4 Å². The molecule has 0 saturated heterocycles. The first-order valence-corrected chi connectivity index (χ1v) is 7.31. The number of allylic oxidation sites excluding steroid dienone is 1. The second kappa shape index (κ2) is 7.03. The fourth-order valence-corrected chi connectivity index (χ4v) is 1.84. The molecule has 0 saturated carbocycles. The topological polar surface area (TPSA) is 0 Å². The van der Waals surface area contributed by atoms with E-state index < -0.39 is 0 Å². The molecule has 0 amide bonds. The molecule has 0 spiro atoms. The smallest absolute Gasteiger partial charge is 0.0321 e. The average molecular weight is 344 g/mol. The van der Waals surface area contributed by atoms with Gasteiger partial charge in [-0.1, -0.05) is 83.0 Å². The van der Waals surface area contributed by atoms with Crippen molar-refractivity contribution in [1.82, 2.24) is 0 Å². The Bertz CT molecular complexity index is 586. The minimum atomic E-state index is 1.01. The molecule has 1 heteroatoms. The predicted molar refractivity (Wildman–Crippen MR) is 86.8 cm³/mol. The summed E-state index contributed by atoms with van der Waals surface area (Å²) in [5.74, 6) is 6.43. The first-order valence-electron chi connectivity index (χ1n) is 5.79. The van der Waals surface area contributed by atoms with Gasteiger partial charge in [-0.25, -0.2) is 0 Å². The lowest BCUT2D eigenvalue weighted by Gasteiger charge is -1.97. The molecule has 0 aromatic heterocycles. The summed E-state index contributed by atoms with van der Waals surface area (Å²) < 4.78 is 1.01. The lowest BCUT2D eigenvalue weighted by Crippen LogP contribution is -1.81. The van der Waals surface area contributed by atoms with Gasteiger partial charge in [-0.15, -0.1) is 0 Å². The number of halogens is 1. The lowest BCUT2D eigenvalue weighted by molar-refractivity contribution is 1.58. The van der Waals surface area contributed by atoms with Crippen LogP contribution in [0.1, 0.15) is 16.7 Å². The maximum Gasteiger partial charge on any atom is 0.0321 e. The third kappa shape index (κ3) is 3.75. The van der Waals surface area contributed by atoms with E-state index in [0.717, 1.165) is 15.6 Å². The minimum Gasteiger partial charge on any atom is -0.0818 e. The molecule has 2 aromatic carbocycles. The Labute approximate surface area is 122 Å². The molecular formula is C17H13I. The van der Waals surface area contributed by atoms with Crippen LogP contribution < -0.4 is 0 Å².